The number of rotatable bonds is 8. The van der Waals surface area contributed by atoms with Crippen molar-refractivity contribution in [1.82, 2.24) is 9.62 Å². The molecule has 0 aliphatic heterocycles. The van der Waals surface area contributed by atoms with E-state index in [1.165, 1.54) is 28.6 Å². The van der Waals surface area contributed by atoms with E-state index in [0.29, 0.717) is 23.7 Å². The highest BCUT2D eigenvalue weighted by atomic mass is 35.5. The van der Waals surface area contributed by atoms with Gasteiger partial charge in [0.05, 0.1) is 4.90 Å². The molecule has 5 nitrogen and oxygen atoms in total. The van der Waals surface area contributed by atoms with Gasteiger partial charge in [-0.1, -0.05) is 37.1 Å². The molecule has 7 heteroatoms. The molecule has 0 heterocycles. The second kappa shape index (κ2) is 9.16. The second-order valence-electron chi connectivity index (χ2n) is 6.01. The molecule has 0 saturated heterocycles. The maximum absolute atomic E-state index is 12.5. The highest BCUT2D eigenvalue weighted by Crippen LogP contribution is 2.16. The Labute approximate surface area is 160 Å². The Bertz CT molecular complexity index is 834. The van der Waals surface area contributed by atoms with Crippen molar-refractivity contribution in [1.29, 1.82) is 0 Å². The van der Waals surface area contributed by atoms with Gasteiger partial charge in [0.15, 0.2) is 0 Å². The summed E-state index contributed by atoms with van der Waals surface area (Å²) >= 11 is 5.83. The number of sulfonamides is 1. The van der Waals surface area contributed by atoms with Crippen LogP contribution in [0.3, 0.4) is 0 Å². The quantitative estimate of drug-likeness (QED) is 0.742. The average Bonchev–Trinajstić information content (AvgIpc) is 2.65. The van der Waals surface area contributed by atoms with Crippen molar-refractivity contribution in [2.45, 2.75) is 31.2 Å². The lowest BCUT2D eigenvalue weighted by Crippen LogP contribution is -2.28. The third kappa shape index (κ3) is 5.30. The van der Waals surface area contributed by atoms with Crippen molar-refractivity contribution in [2.75, 3.05) is 13.6 Å². The van der Waals surface area contributed by atoms with E-state index in [2.05, 4.69) is 5.32 Å². The summed E-state index contributed by atoms with van der Waals surface area (Å²) in [5.74, 6) is -0.261. The number of nitrogens with one attached hydrogen (secondary N) is 1. The summed E-state index contributed by atoms with van der Waals surface area (Å²) in [6.45, 7) is 2.86. The van der Waals surface area contributed by atoms with E-state index in [0.717, 1.165) is 18.4 Å². The van der Waals surface area contributed by atoms with Gasteiger partial charge in [0, 0.05) is 30.7 Å². The first kappa shape index (κ1) is 20.4. The molecule has 1 amide bonds. The lowest BCUT2D eigenvalue weighted by molar-refractivity contribution is 0.0951. The van der Waals surface area contributed by atoms with Crippen LogP contribution in [-0.2, 0) is 16.6 Å². The minimum absolute atomic E-state index is 0.186. The average molecular weight is 395 g/mol. The van der Waals surface area contributed by atoms with Crippen molar-refractivity contribution in [3.8, 4) is 0 Å². The number of hydrogen-bond donors (Lipinski definition) is 1. The molecule has 0 aliphatic carbocycles. The van der Waals surface area contributed by atoms with Crippen LogP contribution in [0.25, 0.3) is 0 Å². The largest absolute Gasteiger partial charge is 0.348 e. The van der Waals surface area contributed by atoms with E-state index >= 15 is 0 Å². The van der Waals surface area contributed by atoms with Crippen LogP contribution >= 0.6 is 11.6 Å². The number of nitrogens with zero attached hydrogens (tertiary/aromatic N) is 1. The monoisotopic (exact) mass is 394 g/mol. The lowest BCUT2D eigenvalue weighted by Gasteiger charge is -2.17. The van der Waals surface area contributed by atoms with Crippen LogP contribution in [0.1, 0.15) is 35.7 Å². The molecule has 2 aromatic carbocycles. The SMILES string of the molecule is CCCCN(C)S(=O)(=O)c1ccc(C(=O)NCc2ccc(Cl)cc2)cc1. The molecule has 0 aromatic heterocycles. The Kier molecular flexibility index (Phi) is 7.20. The molecule has 0 aliphatic rings. The van der Waals surface area contributed by atoms with Crippen LogP contribution in [0.15, 0.2) is 53.4 Å². The zero-order chi connectivity index (χ0) is 19.2. The fourth-order valence-electron chi connectivity index (χ4n) is 2.35. The number of benzene rings is 2. The van der Waals surface area contributed by atoms with Gasteiger partial charge in [-0.05, 0) is 48.4 Å². The van der Waals surface area contributed by atoms with E-state index in [1.807, 2.05) is 19.1 Å². The summed E-state index contributed by atoms with van der Waals surface area (Å²) in [6.07, 6.45) is 1.73. The molecular formula is C19H23ClN2O3S. The highest BCUT2D eigenvalue weighted by Gasteiger charge is 2.20. The molecule has 0 fully saturated rings. The van der Waals surface area contributed by atoms with Gasteiger partial charge in [0.25, 0.3) is 5.91 Å². The fraction of sp³-hybridized carbons (Fsp3) is 0.316. The molecule has 0 saturated carbocycles. The van der Waals surface area contributed by atoms with Crippen LogP contribution in [0.2, 0.25) is 5.02 Å². The van der Waals surface area contributed by atoms with E-state index in [-0.39, 0.29) is 10.8 Å². The molecule has 0 atom stereocenters. The molecule has 26 heavy (non-hydrogen) atoms. The van der Waals surface area contributed by atoms with E-state index in [4.69, 9.17) is 11.6 Å². The van der Waals surface area contributed by atoms with Crippen molar-refractivity contribution in [3.05, 3.63) is 64.7 Å². The van der Waals surface area contributed by atoms with E-state index in [1.54, 1.807) is 19.2 Å². The second-order valence-corrected chi connectivity index (χ2v) is 8.49. The molecule has 2 aromatic rings. The number of carbonyl (C=O) groups is 1. The van der Waals surface area contributed by atoms with Gasteiger partial charge in [-0.15, -0.1) is 0 Å². The Hall–Kier alpha value is -1.89. The summed E-state index contributed by atoms with van der Waals surface area (Å²) < 4.78 is 26.3. The number of hydrogen-bond acceptors (Lipinski definition) is 3. The number of halogens is 1. The third-order valence-electron chi connectivity index (χ3n) is 4.02. The minimum Gasteiger partial charge on any atom is -0.348 e. The normalized spacial score (nSPS) is 11.5. The highest BCUT2D eigenvalue weighted by molar-refractivity contribution is 7.89. The van der Waals surface area contributed by atoms with E-state index in [9.17, 15) is 13.2 Å². The van der Waals surface area contributed by atoms with Crippen LogP contribution in [0.4, 0.5) is 0 Å². The predicted molar refractivity (Wildman–Crippen MR) is 104 cm³/mol. The predicted octanol–water partition coefficient (Wildman–Crippen LogP) is 3.69. The molecule has 140 valence electrons. The van der Waals surface area contributed by atoms with Gasteiger partial charge < -0.3 is 5.32 Å². The summed E-state index contributed by atoms with van der Waals surface area (Å²) in [4.78, 5) is 12.4. The van der Waals surface area contributed by atoms with Gasteiger partial charge in [0.1, 0.15) is 0 Å². The first-order valence-electron chi connectivity index (χ1n) is 8.43. The maximum Gasteiger partial charge on any atom is 0.251 e. The van der Waals surface area contributed by atoms with Crippen molar-refractivity contribution in [2.24, 2.45) is 0 Å². The topological polar surface area (TPSA) is 66.5 Å². The Balaban J connectivity index is 2.01. The molecule has 0 bridgehead atoms. The lowest BCUT2D eigenvalue weighted by atomic mass is 10.2. The zero-order valence-electron chi connectivity index (χ0n) is 14.9. The Morgan fingerprint density at radius 3 is 2.27 bits per heavy atom. The molecule has 0 spiro atoms. The van der Waals surface area contributed by atoms with Crippen LogP contribution in [0.5, 0.6) is 0 Å². The first-order chi connectivity index (χ1) is 12.3. The van der Waals surface area contributed by atoms with Gasteiger partial charge in [0.2, 0.25) is 10.0 Å². The number of carbonyl (C=O) groups excluding carboxylic acids is 1. The van der Waals surface area contributed by atoms with Crippen LogP contribution in [-0.4, -0.2) is 32.2 Å². The smallest absolute Gasteiger partial charge is 0.251 e. The molecular weight excluding hydrogens is 372 g/mol. The summed E-state index contributed by atoms with van der Waals surface area (Å²) in [5.41, 5.74) is 1.34. The molecule has 1 N–H and O–H groups in total. The fourth-order valence-corrected chi connectivity index (χ4v) is 3.68. The van der Waals surface area contributed by atoms with Gasteiger partial charge in [-0.3, -0.25) is 4.79 Å². The van der Waals surface area contributed by atoms with Gasteiger partial charge >= 0.3 is 0 Å². The molecule has 0 radical (unpaired) electrons. The Morgan fingerprint density at radius 2 is 1.69 bits per heavy atom. The van der Waals surface area contributed by atoms with E-state index < -0.39 is 10.0 Å². The molecule has 2 rings (SSSR count). The van der Waals surface area contributed by atoms with Gasteiger partial charge in [-0.25, -0.2) is 12.7 Å². The third-order valence-corrected chi connectivity index (χ3v) is 6.14. The van der Waals surface area contributed by atoms with Crippen molar-refractivity contribution in [3.63, 3.8) is 0 Å². The minimum atomic E-state index is -3.52. The van der Waals surface area contributed by atoms with Crippen molar-refractivity contribution >= 4 is 27.5 Å². The summed E-state index contributed by atoms with van der Waals surface area (Å²) in [7, 11) is -1.96. The zero-order valence-corrected chi connectivity index (χ0v) is 16.5. The summed E-state index contributed by atoms with van der Waals surface area (Å²) in [5, 5.41) is 3.44. The number of amides is 1. The number of unbranched alkanes of at least 4 members (excludes halogenated alkanes) is 1. The van der Waals surface area contributed by atoms with Crippen molar-refractivity contribution < 1.29 is 13.2 Å². The maximum atomic E-state index is 12.5. The standard InChI is InChI=1S/C19H23ClN2O3S/c1-3-4-13-22(2)26(24,25)18-11-7-16(8-12-18)19(23)21-14-15-5-9-17(20)10-6-15/h5-12H,3-4,13-14H2,1-2H3,(H,21,23). The van der Waals surface area contributed by atoms with Crippen LogP contribution < -0.4 is 5.32 Å². The summed E-state index contributed by atoms with van der Waals surface area (Å²) in [6, 6.07) is 13.2. The van der Waals surface area contributed by atoms with Gasteiger partial charge in [-0.2, -0.15) is 0 Å². The molecule has 0 unspecified atom stereocenters. The van der Waals surface area contributed by atoms with Crippen LogP contribution in [0, 0.1) is 0 Å². The first-order valence-corrected chi connectivity index (χ1v) is 10.3. The Morgan fingerprint density at radius 1 is 1.08 bits per heavy atom.